The second-order valence-electron chi connectivity index (χ2n) is 6.63. The molecule has 0 spiro atoms. The lowest BCUT2D eigenvalue weighted by Gasteiger charge is -2.10. The van der Waals surface area contributed by atoms with Crippen LogP contribution in [0.3, 0.4) is 0 Å². The second-order valence-corrected chi connectivity index (χ2v) is 9.38. The second kappa shape index (κ2) is 10.4. The average molecular weight is 458 g/mol. The number of carbonyl (C=O) groups excluding carboxylic acids is 1. The summed E-state index contributed by atoms with van der Waals surface area (Å²) in [5, 5.41) is 3.47. The quantitative estimate of drug-likeness (QED) is 0.476. The van der Waals surface area contributed by atoms with Crippen molar-refractivity contribution < 1.29 is 17.9 Å². The van der Waals surface area contributed by atoms with E-state index in [0.29, 0.717) is 30.0 Å². The van der Waals surface area contributed by atoms with E-state index in [4.69, 9.17) is 4.74 Å². The summed E-state index contributed by atoms with van der Waals surface area (Å²) in [5.41, 5.74) is 1.63. The highest BCUT2D eigenvalue weighted by molar-refractivity contribution is 7.99. The van der Waals surface area contributed by atoms with Gasteiger partial charge in [-0.1, -0.05) is 30.0 Å². The summed E-state index contributed by atoms with van der Waals surface area (Å²) < 4.78 is 32.7. The average Bonchev–Trinajstić information content (AvgIpc) is 2.76. The number of ether oxygens (including phenoxy) is 1. The van der Waals surface area contributed by atoms with E-state index in [1.165, 1.54) is 18.0 Å². The first-order chi connectivity index (χ1) is 14.9. The molecule has 0 fully saturated rings. The van der Waals surface area contributed by atoms with Gasteiger partial charge in [0, 0.05) is 30.4 Å². The standard InChI is InChI=1S/C22H23N3O4S2/c1-16-5-3-4-6-20(16)31(27,28)25-18-8-10-19(11-9-18)30-21-12-7-17(15-24-21)22(26)23-13-14-29-2/h3-12,15,25H,13-14H2,1-2H3,(H,23,26). The molecule has 0 saturated carbocycles. The van der Waals surface area contributed by atoms with Crippen LogP contribution in [0.2, 0.25) is 0 Å². The number of hydrogen-bond acceptors (Lipinski definition) is 6. The summed E-state index contributed by atoms with van der Waals surface area (Å²) in [6.07, 6.45) is 1.52. The normalized spacial score (nSPS) is 11.2. The smallest absolute Gasteiger partial charge is 0.262 e. The Balaban J connectivity index is 1.62. The molecule has 2 N–H and O–H groups in total. The first-order valence-electron chi connectivity index (χ1n) is 9.48. The Labute approximate surface area is 186 Å². The first-order valence-corrected chi connectivity index (χ1v) is 11.8. The van der Waals surface area contributed by atoms with Gasteiger partial charge in [0.05, 0.1) is 17.1 Å². The van der Waals surface area contributed by atoms with Crippen LogP contribution in [0.15, 0.2) is 81.7 Å². The number of rotatable bonds is 9. The molecule has 1 heterocycles. The highest BCUT2D eigenvalue weighted by Gasteiger charge is 2.16. The molecule has 0 unspecified atom stereocenters. The van der Waals surface area contributed by atoms with Crippen LogP contribution in [0.5, 0.6) is 0 Å². The zero-order chi connectivity index (χ0) is 22.3. The molecule has 0 aliphatic rings. The minimum absolute atomic E-state index is 0.202. The van der Waals surface area contributed by atoms with Gasteiger partial charge in [-0.25, -0.2) is 13.4 Å². The third-order valence-electron chi connectivity index (χ3n) is 4.30. The van der Waals surface area contributed by atoms with E-state index in [0.717, 1.165) is 9.92 Å². The third kappa shape index (κ3) is 6.30. The largest absolute Gasteiger partial charge is 0.383 e. The molecule has 3 aromatic rings. The van der Waals surface area contributed by atoms with Crippen LogP contribution in [0.4, 0.5) is 5.69 Å². The summed E-state index contributed by atoms with van der Waals surface area (Å²) in [4.78, 5) is 17.5. The number of nitrogens with one attached hydrogen (secondary N) is 2. The van der Waals surface area contributed by atoms with Crippen LogP contribution >= 0.6 is 11.8 Å². The molecule has 2 aromatic carbocycles. The lowest BCUT2D eigenvalue weighted by atomic mass is 10.2. The Morgan fingerprint density at radius 2 is 1.81 bits per heavy atom. The zero-order valence-electron chi connectivity index (χ0n) is 17.2. The Kier molecular flexibility index (Phi) is 7.67. The molecule has 1 amide bonds. The van der Waals surface area contributed by atoms with Gasteiger partial charge in [0.15, 0.2) is 0 Å². The van der Waals surface area contributed by atoms with E-state index >= 15 is 0 Å². The predicted molar refractivity (Wildman–Crippen MR) is 121 cm³/mol. The number of pyridine rings is 1. The van der Waals surface area contributed by atoms with Crippen LogP contribution in [-0.2, 0) is 14.8 Å². The summed E-state index contributed by atoms with van der Waals surface area (Å²) in [6.45, 7) is 2.64. The number of anilines is 1. The molecule has 162 valence electrons. The number of sulfonamides is 1. The van der Waals surface area contributed by atoms with Crippen molar-refractivity contribution in [1.82, 2.24) is 10.3 Å². The van der Waals surface area contributed by atoms with Gasteiger partial charge in [-0.15, -0.1) is 0 Å². The van der Waals surface area contributed by atoms with Crippen molar-refractivity contribution in [2.75, 3.05) is 25.0 Å². The zero-order valence-corrected chi connectivity index (χ0v) is 18.8. The fourth-order valence-electron chi connectivity index (χ4n) is 2.72. The van der Waals surface area contributed by atoms with E-state index in [1.54, 1.807) is 62.6 Å². The SMILES string of the molecule is COCCNC(=O)c1ccc(Sc2ccc(NS(=O)(=O)c3ccccc3C)cc2)nc1. The van der Waals surface area contributed by atoms with E-state index in [2.05, 4.69) is 15.0 Å². The minimum atomic E-state index is -3.65. The van der Waals surface area contributed by atoms with E-state index in [1.807, 2.05) is 12.1 Å². The van der Waals surface area contributed by atoms with Gasteiger partial charge in [0.2, 0.25) is 0 Å². The van der Waals surface area contributed by atoms with Gasteiger partial charge >= 0.3 is 0 Å². The molecule has 0 aliphatic heterocycles. The van der Waals surface area contributed by atoms with E-state index in [-0.39, 0.29) is 10.8 Å². The van der Waals surface area contributed by atoms with Gasteiger partial charge < -0.3 is 10.1 Å². The highest BCUT2D eigenvalue weighted by atomic mass is 32.2. The Morgan fingerprint density at radius 1 is 1.06 bits per heavy atom. The molecule has 31 heavy (non-hydrogen) atoms. The van der Waals surface area contributed by atoms with Gasteiger partial charge in [-0.3, -0.25) is 9.52 Å². The highest BCUT2D eigenvalue weighted by Crippen LogP contribution is 2.28. The maximum Gasteiger partial charge on any atom is 0.262 e. The monoisotopic (exact) mass is 457 g/mol. The molecule has 0 bridgehead atoms. The maximum absolute atomic E-state index is 12.6. The summed E-state index contributed by atoms with van der Waals surface area (Å²) >= 11 is 1.41. The molecular weight excluding hydrogens is 434 g/mol. The fraction of sp³-hybridized carbons (Fsp3) is 0.182. The van der Waals surface area contributed by atoms with Crippen molar-refractivity contribution >= 4 is 33.4 Å². The van der Waals surface area contributed by atoms with E-state index < -0.39 is 10.0 Å². The van der Waals surface area contributed by atoms with Crippen molar-refractivity contribution in [3.05, 3.63) is 78.0 Å². The molecule has 7 nitrogen and oxygen atoms in total. The van der Waals surface area contributed by atoms with Gasteiger partial charge in [0.25, 0.3) is 15.9 Å². The van der Waals surface area contributed by atoms with Crippen LogP contribution in [0.1, 0.15) is 15.9 Å². The van der Waals surface area contributed by atoms with Gasteiger partial charge in [0.1, 0.15) is 5.03 Å². The van der Waals surface area contributed by atoms with Crippen LogP contribution in [0.25, 0.3) is 0 Å². The summed E-state index contributed by atoms with van der Waals surface area (Å²) in [7, 11) is -2.08. The number of methoxy groups -OCH3 is 1. The first kappa shape index (κ1) is 22.8. The number of hydrogen-bond donors (Lipinski definition) is 2. The number of amides is 1. The lowest BCUT2D eigenvalue weighted by Crippen LogP contribution is -2.26. The molecule has 9 heteroatoms. The van der Waals surface area contributed by atoms with Crippen molar-refractivity contribution in [1.29, 1.82) is 0 Å². The van der Waals surface area contributed by atoms with Crippen molar-refractivity contribution in [2.24, 2.45) is 0 Å². The number of nitrogens with zero attached hydrogens (tertiary/aromatic N) is 1. The predicted octanol–water partition coefficient (Wildman–Crippen LogP) is 3.72. The van der Waals surface area contributed by atoms with Crippen molar-refractivity contribution in [3.63, 3.8) is 0 Å². The maximum atomic E-state index is 12.6. The Hall–Kier alpha value is -2.88. The summed E-state index contributed by atoms with van der Waals surface area (Å²) in [6, 6.07) is 17.3. The Bertz CT molecular complexity index is 1130. The number of carbonyl (C=O) groups is 1. The van der Waals surface area contributed by atoms with Crippen molar-refractivity contribution in [3.8, 4) is 0 Å². The number of aromatic nitrogens is 1. The van der Waals surface area contributed by atoms with E-state index in [9.17, 15) is 13.2 Å². The lowest BCUT2D eigenvalue weighted by molar-refractivity contribution is 0.0936. The van der Waals surface area contributed by atoms with Crippen LogP contribution < -0.4 is 10.0 Å². The molecule has 0 radical (unpaired) electrons. The van der Waals surface area contributed by atoms with Crippen LogP contribution in [0, 0.1) is 6.92 Å². The third-order valence-corrected chi connectivity index (χ3v) is 6.80. The fourth-order valence-corrected chi connectivity index (χ4v) is 4.78. The van der Waals surface area contributed by atoms with Gasteiger partial charge in [-0.05, 0) is 55.0 Å². The van der Waals surface area contributed by atoms with Crippen LogP contribution in [-0.4, -0.2) is 39.6 Å². The molecule has 0 atom stereocenters. The summed E-state index contributed by atoms with van der Waals surface area (Å²) in [5.74, 6) is -0.202. The Morgan fingerprint density at radius 3 is 2.45 bits per heavy atom. The topological polar surface area (TPSA) is 97.4 Å². The molecule has 1 aromatic heterocycles. The van der Waals surface area contributed by atoms with Crippen molar-refractivity contribution in [2.45, 2.75) is 21.7 Å². The van der Waals surface area contributed by atoms with Gasteiger partial charge in [-0.2, -0.15) is 0 Å². The molecular formula is C22H23N3O4S2. The minimum Gasteiger partial charge on any atom is -0.383 e. The number of benzene rings is 2. The molecule has 0 saturated heterocycles. The molecule has 3 rings (SSSR count). The molecule has 0 aliphatic carbocycles. The number of aryl methyl sites for hydroxylation is 1.